The van der Waals surface area contributed by atoms with Crippen LogP contribution in [0.3, 0.4) is 0 Å². The number of carbonyl (C=O) groups is 1. The van der Waals surface area contributed by atoms with Crippen molar-refractivity contribution in [2.45, 2.75) is 13.3 Å². The molecule has 0 bridgehead atoms. The van der Waals surface area contributed by atoms with Gasteiger partial charge in [0, 0.05) is 11.1 Å². The predicted molar refractivity (Wildman–Crippen MR) is 75.1 cm³/mol. The number of carbonyl (C=O) groups excluding carboxylic acids is 1. The maximum absolute atomic E-state index is 12.2. The van der Waals surface area contributed by atoms with E-state index in [2.05, 4.69) is 6.92 Å². The summed E-state index contributed by atoms with van der Waals surface area (Å²) in [5.41, 5.74) is 8.53. The third kappa shape index (κ3) is 2.54. The molecule has 0 unspecified atom stereocenters. The molecule has 92 valence electrons. The molecular weight excluding hydrogens is 246 g/mol. The Balaban J connectivity index is 2.32. The van der Waals surface area contributed by atoms with Crippen LogP contribution in [0.2, 0.25) is 5.02 Å². The molecule has 0 aliphatic carbocycles. The van der Waals surface area contributed by atoms with Gasteiger partial charge in [-0.1, -0.05) is 42.8 Å². The van der Waals surface area contributed by atoms with E-state index in [1.54, 1.807) is 18.2 Å². The highest BCUT2D eigenvalue weighted by atomic mass is 35.5. The summed E-state index contributed by atoms with van der Waals surface area (Å²) >= 11 is 5.92. The minimum Gasteiger partial charge on any atom is -0.398 e. The van der Waals surface area contributed by atoms with Gasteiger partial charge in [0.15, 0.2) is 5.78 Å². The Labute approximate surface area is 111 Å². The molecule has 0 amide bonds. The molecule has 0 saturated heterocycles. The van der Waals surface area contributed by atoms with Gasteiger partial charge in [-0.3, -0.25) is 4.79 Å². The molecule has 2 aromatic carbocycles. The van der Waals surface area contributed by atoms with Crippen molar-refractivity contribution in [2.75, 3.05) is 5.73 Å². The Bertz CT molecular complexity index is 576. The van der Waals surface area contributed by atoms with Crippen LogP contribution in [0.15, 0.2) is 42.5 Å². The van der Waals surface area contributed by atoms with Crippen LogP contribution in [0, 0.1) is 0 Å². The van der Waals surface area contributed by atoms with Crippen molar-refractivity contribution in [3.63, 3.8) is 0 Å². The van der Waals surface area contributed by atoms with Gasteiger partial charge in [-0.05, 0) is 30.2 Å². The molecular formula is C15H14ClNO. The first-order valence-electron chi connectivity index (χ1n) is 5.80. The fraction of sp³-hybridized carbons (Fsp3) is 0.133. The fourth-order valence-electron chi connectivity index (χ4n) is 1.73. The topological polar surface area (TPSA) is 43.1 Å². The number of halogens is 1. The molecule has 0 aromatic heterocycles. The smallest absolute Gasteiger partial charge is 0.193 e. The summed E-state index contributed by atoms with van der Waals surface area (Å²) in [4.78, 5) is 12.2. The molecule has 0 aliphatic heterocycles. The Kier molecular flexibility index (Phi) is 3.68. The molecule has 2 aromatic rings. The summed E-state index contributed by atoms with van der Waals surface area (Å²) in [6, 6.07) is 12.6. The highest BCUT2D eigenvalue weighted by Gasteiger charge is 2.10. The van der Waals surface area contributed by atoms with Gasteiger partial charge in [0.05, 0.1) is 10.7 Å². The second-order valence-electron chi connectivity index (χ2n) is 4.12. The lowest BCUT2D eigenvalue weighted by molar-refractivity contribution is 0.103. The highest BCUT2D eigenvalue weighted by molar-refractivity contribution is 6.33. The van der Waals surface area contributed by atoms with Gasteiger partial charge in [0.25, 0.3) is 0 Å². The summed E-state index contributed by atoms with van der Waals surface area (Å²) in [5, 5.41) is 0.408. The Hall–Kier alpha value is -1.80. The molecule has 0 heterocycles. The van der Waals surface area contributed by atoms with E-state index in [0.29, 0.717) is 21.8 Å². The fourth-order valence-corrected chi connectivity index (χ4v) is 1.91. The van der Waals surface area contributed by atoms with Crippen molar-refractivity contribution >= 4 is 23.1 Å². The van der Waals surface area contributed by atoms with Crippen LogP contribution >= 0.6 is 11.6 Å². The molecule has 0 atom stereocenters. The first-order valence-corrected chi connectivity index (χ1v) is 6.18. The molecule has 0 fully saturated rings. The number of anilines is 1. The van der Waals surface area contributed by atoms with E-state index < -0.39 is 0 Å². The summed E-state index contributed by atoms with van der Waals surface area (Å²) < 4.78 is 0. The normalized spacial score (nSPS) is 10.3. The summed E-state index contributed by atoms with van der Waals surface area (Å²) in [6.07, 6.45) is 0.960. The number of nitrogens with two attached hydrogens (primary N) is 1. The van der Waals surface area contributed by atoms with Crippen molar-refractivity contribution in [1.29, 1.82) is 0 Å². The average Bonchev–Trinajstić information content (AvgIpc) is 2.41. The second kappa shape index (κ2) is 5.23. The van der Waals surface area contributed by atoms with Crippen LogP contribution in [-0.2, 0) is 6.42 Å². The molecule has 2 rings (SSSR count). The predicted octanol–water partition coefficient (Wildman–Crippen LogP) is 3.72. The minimum atomic E-state index is -0.0421. The minimum absolute atomic E-state index is 0.0421. The summed E-state index contributed by atoms with van der Waals surface area (Å²) in [6.45, 7) is 2.08. The second-order valence-corrected chi connectivity index (χ2v) is 4.52. The lowest BCUT2D eigenvalue weighted by Gasteiger charge is -2.04. The standard InChI is InChI=1S/C15H14ClNO/c1-2-10-3-5-11(6-4-10)15(18)12-7-8-14(17)13(16)9-12/h3-9H,2,17H2,1H3. The lowest BCUT2D eigenvalue weighted by Crippen LogP contribution is -2.02. The number of rotatable bonds is 3. The van der Waals surface area contributed by atoms with Crippen LogP contribution in [0.25, 0.3) is 0 Å². The van der Waals surface area contributed by atoms with Crippen molar-refractivity contribution in [3.05, 3.63) is 64.2 Å². The van der Waals surface area contributed by atoms with E-state index >= 15 is 0 Å². The van der Waals surface area contributed by atoms with Crippen molar-refractivity contribution in [2.24, 2.45) is 0 Å². The Morgan fingerprint density at radius 3 is 2.28 bits per heavy atom. The largest absolute Gasteiger partial charge is 0.398 e. The summed E-state index contributed by atoms with van der Waals surface area (Å²) in [5.74, 6) is -0.0421. The number of ketones is 1. The summed E-state index contributed by atoms with van der Waals surface area (Å²) in [7, 11) is 0. The van der Waals surface area contributed by atoms with Gasteiger partial charge < -0.3 is 5.73 Å². The number of benzene rings is 2. The van der Waals surface area contributed by atoms with E-state index in [4.69, 9.17) is 17.3 Å². The lowest BCUT2D eigenvalue weighted by atomic mass is 10.0. The van der Waals surface area contributed by atoms with Gasteiger partial charge in [-0.25, -0.2) is 0 Å². The Morgan fingerprint density at radius 2 is 1.72 bits per heavy atom. The van der Waals surface area contributed by atoms with Crippen molar-refractivity contribution in [3.8, 4) is 0 Å². The van der Waals surface area contributed by atoms with Crippen molar-refractivity contribution in [1.82, 2.24) is 0 Å². The zero-order valence-electron chi connectivity index (χ0n) is 10.1. The van der Waals surface area contributed by atoms with Crippen LogP contribution < -0.4 is 5.73 Å². The van der Waals surface area contributed by atoms with Gasteiger partial charge >= 0.3 is 0 Å². The zero-order valence-corrected chi connectivity index (χ0v) is 10.9. The number of aryl methyl sites for hydroxylation is 1. The van der Waals surface area contributed by atoms with E-state index in [1.165, 1.54) is 5.56 Å². The van der Waals surface area contributed by atoms with Gasteiger partial charge in [-0.2, -0.15) is 0 Å². The van der Waals surface area contributed by atoms with E-state index in [-0.39, 0.29) is 5.78 Å². The molecule has 2 N–H and O–H groups in total. The maximum atomic E-state index is 12.2. The molecule has 0 spiro atoms. The first-order chi connectivity index (χ1) is 8.61. The number of hydrogen-bond donors (Lipinski definition) is 1. The number of nitrogen functional groups attached to an aromatic ring is 1. The van der Waals surface area contributed by atoms with Crippen molar-refractivity contribution < 1.29 is 4.79 Å². The first kappa shape index (κ1) is 12.7. The third-order valence-corrected chi connectivity index (χ3v) is 3.21. The molecule has 0 saturated carbocycles. The zero-order chi connectivity index (χ0) is 13.1. The van der Waals surface area contributed by atoms with E-state index in [9.17, 15) is 4.79 Å². The maximum Gasteiger partial charge on any atom is 0.193 e. The molecule has 3 heteroatoms. The van der Waals surface area contributed by atoms with Crippen LogP contribution in [0.5, 0.6) is 0 Å². The van der Waals surface area contributed by atoms with Gasteiger partial charge in [0.2, 0.25) is 0 Å². The number of hydrogen-bond acceptors (Lipinski definition) is 2. The van der Waals surface area contributed by atoms with Crippen LogP contribution in [0.1, 0.15) is 28.4 Å². The molecule has 0 radical (unpaired) electrons. The monoisotopic (exact) mass is 259 g/mol. The molecule has 0 aliphatic rings. The van der Waals surface area contributed by atoms with E-state index in [0.717, 1.165) is 6.42 Å². The van der Waals surface area contributed by atoms with Crippen LogP contribution in [-0.4, -0.2) is 5.78 Å². The SMILES string of the molecule is CCc1ccc(C(=O)c2ccc(N)c(Cl)c2)cc1. The quantitative estimate of drug-likeness (QED) is 0.674. The Morgan fingerprint density at radius 1 is 1.11 bits per heavy atom. The van der Waals surface area contributed by atoms with Gasteiger partial charge in [-0.15, -0.1) is 0 Å². The molecule has 2 nitrogen and oxygen atoms in total. The highest BCUT2D eigenvalue weighted by Crippen LogP contribution is 2.21. The third-order valence-electron chi connectivity index (χ3n) is 2.89. The molecule has 18 heavy (non-hydrogen) atoms. The van der Waals surface area contributed by atoms with E-state index in [1.807, 2.05) is 24.3 Å². The average molecular weight is 260 g/mol. The van der Waals surface area contributed by atoms with Crippen LogP contribution in [0.4, 0.5) is 5.69 Å². The van der Waals surface area contributed by atoms with Gasteiger partial charge in [0.1, 0.15) is 0 Å².